The molecule has 31 heavy (non-hydrogen) atoms. The van der Waals surface area contributed by atoms with Crippen LogP contribution in [0.3, 0.4) is 0 Å². The predicted octanol–water partition coefficient (Wildman–Crippen LogP) is 4.90. The second-order valence-corrected chi connectivity index (χ2v) is 8.05. The van der Waals surface area contributed by atoms with E-state index in [9.17, 15) is 5.11 Å². The van der Waals surface area contributed by atoms with Gasteiger partial charge in [0.25, 0.3) is 0 Å². The quantitative estimate of drug-likeness (QED) is 0.537. The molecule has 4 unspecified atom stereocenters. The number of aliphatic hydroxyl groups excluding tert-OH is 1. The van der Waals surface area contributed by atoms with Gasteiger partial charge >= 0.3 is 0 Å². The molecule has 1 fully saturated rings. The van der Waals surface area contributed by atoms with Gasteiger partial charge in [0.05, 0.1) is 38.1 Å². The number of rotatable bonds is 9. The Balaban J connectivity index is 1.40. The highest BCUT2D eigenvalue weighted by atomic mass is 16.6. The summed E-state index contributed by atoms with van der Waals surface area (Å²) in [6, 6.07) is 30.2. The van der Waals surface area contributed by atoms with Gasteiger partial charge in [-0.1, -0.05) is 91.0 Å². The molecular weight excluding hydrogens is 388 g/mol. The van der Waals surface area contributed by atoms with Gasteiger partial charge in [0.1, 0.15) is 6.10 Å². The minimum Gasteiger partial charge on any atom is -0.390 e. The van der Waals surface area contributed by atoms with Crippen molar-refractivity contribution in [2.24, 2.45) is 0 Å². The van der Waals surface area contributed by atoms with Gasteiger partial charge in [0.15, 0.2) is 0 Å². The first-order chi connectivity index (χ1) is 15.3. The average Bonchev–Trinajstić information content (AvgIpc) is 2.82. The third kappa shape index (κ3) is 6.49. The van der Waals surface area contributed by atoms with Crippen LogP contribution in [0.4, 0.5) is 0 Å². The van der Waals surface area contributed by atoms with Crippen LogP contribution in [0.15, 0.2) is 91.0 Å². The van der Waals surface area contributed by atoms with E-state index in [1.807, 2.05) is 78.9 Å². The molecule has 1 N–H and O–H groups in total. The molecular formula is C27H30O4. The number of ether oxygens (including phenoxy) is 3. The molecule has 0 radical (unpaired) electrons. The van der Waals surface area contributed by atoms with Crippen molar-refractivity contribution < 1.29 is 19.3 Å². The Morgan fingerprint density at radius 2 is 1.03 bits per heavy atom. The Morgan fingerprint density at radius 1 is 0.581 bits per heavy atom. The zero-order chi connectivity index (χ0) is 21.3. The molecule has 4 nitrogen and oxygen atoms in total. The van der Waals surface area contributed by atoms with Crippen molar-refractivity contribution in [1.29, 1.82) is 0 Å². The standard InChI is InChI=1S/C27H30O4/c28-25-16-24(29-18-21-10-4-1-5-11-21)17-26(30-19-22-12-6-2-7-13-22)27(25)31-20-23-14-8-3-9-15-23/h1-15,24-28H,16-20H2. The molecule has 0 amide bonds. The first-order valence-electron chi connectivity index (χ1n) is 10.9. The third-order valence-electron chi connectivity index (χ3n) is 5.67. The highest BCUT2D eigenvalue weighted by Crippen LogP contribution is 2.29. The van der Waals surface area contributed by atoms with Gasteiger partial charge in [-0.2, -0.15) is 0 Å². The van der Waals surface area contributed by atoms with Crippen molar-refractivity contribution in [3.63, 3.8) is 0 Å². The van der Waals surface area contributed by atoms with Crippen LogP contribution < -0.4 is 0 Å². The maximum absolute atomic E-state index is 10.9. The van der Waals surface area contributed by atoms with Gasteiger partial charge in [-0.05, 0) is 16.7 Å². The Morgan fingerprint density at radius 3 is 1.55 bits per heavy atom. The fraction of sp³-hybridized carbons (Fsp3) is 0.333. The van der Waals surface area contributed by atoms with Crippen molar-refractivity contribution in [3.05, 3.63) is 108 Å². The molecule has 3 aromatic rings. The van der Waals surface area contributed by atoms with E-state index in [4.69, 9.17) is 14.2 Å². The van der Waals surface area contributed by atoms with E-state index in [0.717, 1.165) is 16.7 Å². The van der Waals surface area contributed by atoms with Crippen LogP contribution in [0.5, 0.6) is 0 Å². The predicted molar refractivity (Wildman–Crippen MR) is 120 cm³/mol. The molecule has 0 bridgehead atoms. The van der Waals surface area contributed by atoms with Crippen molar-refractivity contribution in [2.45, 2.75) is 57.1 Å². The zero-order valence-electron chi connectivity index (χ0n) is 17.7. The second kappa shape index (κ2) is 11.2. The minimum atomic E-state index is -0.640. The summed E-state index contributed by atoms with van der Waals surface area (Å²) in [5.41, 5.74) is 3.31. The van der Waals surface area contributed by atoms with Gasteiger partial charge in [0.2, 0.25) is 0 Å². The first kappa shape index (κ1) is 21.7. The van der Waals surface area contributed by atoms with E-state index in [1.54, 1.807) is 0 Å². The summed E-state index contributed by atoms with van der Waals surface area (Å²) in [7, 11) is 0. The van der Waals surface area contributed by atoms with Crippen LogP contribution in [-0.4, -0.2) is 29.5 Å². The van der Waals surface area contributed by atoms with Crippen molar-refractivity contribution in [3.8, 4) is 0 Å². The van der Waals surface area contributed by atoms with E-state index in [0.29, 0.717) is 32.7 Å². The highest BCUT2D eigenvalue weighted by Gasteiger charge is 2.39. The van der Waals surface area contributed by atoms with Gasteiger partial charge < -0.3 is 19.3 Å². The minimum absolute atomic E-state index is 0.0763. The van der Waals surface area contributed by atoms with Gasteiger partial charge in [-0.25, -0.2) is 0 Å². The van der Waals surface area contributed by atoms with Crippen molar-refractivity contribution >= 4 is 0 Å². The number of aliphatic hydroxyl groups is 1. The van der Waals surface area contributed by atoms with Crippen molar-refractivity contribution in [2.75, 3.05) is 0 Å². The summed E-state index contributed by atoms with van der Waals surface area (Å²) in [6.45, 7) is 1.46. The molecule has 3 aromatic carbocycles. The summed E-state index contributed by atoms with van der Waals surface area (Å²) in [5.74, 6) is 0. The Bertz CT molecular complexity index is 885. The average molecular weight is 419 g/mol. The maximum atomic E-state index is 10.9. The van der Waals surface area contributed by atoms with Crippen molar-refractivity contribution in [1.82, 2.24) is 0 Å². The third-order valence-corrected chi connectivity index (χ3v) is 5.67. The van der Waals surface area contributed by atoms with E-state index < -0.39 is 6.10 Å². The van der Waals surface area contributed by atoms with Gasteiger partial charge in [-0.15, -0.1) is 0 Å². The molecule has 1 aliphatic rings. The van der Waals surface area contributed by atoms with Crippen LogP contribution in [0.2, 0.25) is 0 Å². The van der Waals surface area contributed by atoms with E-state index in [1.165, 1.54) is 0 Å². The molecule has 0 saturated heterocycles. The maximum Gasteiger partial charge on any atom is 0.110 e. The normalized spacial score (nSPS) is 23.5. The molecule has 1 aliphatic carbocycles. The van der Waals surface area contributed by atoms with E-state index in [2.05, 4.69) is 12.1 Å². The topological polar surface area (TPSA) is 47.9 Å². The molecule has 0 heterocycles. The van der Waals surface area contributed by atoms with Gasteiger partial charge in [-0.3, -0.25) is 0 Å². The summed E-state index contributed by atoms with van der Waals surface area (Å²) in [4.78, 5) is 0. The largest absolute Gasteiger partial charge is 0.390 e. The SMILES string of the molecule is OC1CC(OCc2ccccc2)CC(OCc2ccccc2)C1OCc1ccccc1. The van der Waals surface area contributed by atoms with E-state index >= 15 is 0 Å². The fourth-order valence-electron chi connectivity index (χ4n) is 3.99. The summed E-state index contributed by atoms with van der Waals surface area (Å²) < 4.78 is 18.6. The summed E-state index contributed by atoms with van der Waals surface area (Å²) in [5, 5.41) is 10.9. The number of hydrogen-bond donors (Lipinski definition) is 1. The monoisotopic (exact) mass is 418 g/mol. The zero-order valence-corrected chi connectivity index (χ0v) is 17.7. The van der Waals surface area contributed by atoms with Gasteiger partial charge in [0, 0.05) is 12.8 Å². The van der Waals surface area contributed by atoms with Crippen LogP contribution >= 0.6 is 0 Å². The number of benzene rings is 3. The lowest BCUT2D eigenvalue weighted by Crippen LogP contribution is -2.49. The van der Waals surface area contributed by atoms with Crippen LogP contribution in [-0.2, 0) is 34.0 Å². The van der Waals surface area contributed by atoms with Crippen LogP contribution in [0, 0.1) is 0 Å². The number of hydrogen-bond acceptors (Lipinski definition) is 4. The molecule has 162 valence electrons. The van der Waals surface area contributed by atoms with Crippen LogP contribution in [0.25, 0.3) is 0 Å². The molecule has 1 saturated carbocycles. The molecule has 0 aromatic heterocycles. The first-order valence-corrected chi connectivity index (χ1v) is 10.9. The van der Waals surface area contributed by atoms with E-state index in [-0.39, 0.29) is 18.3 Å². The lowest BCUT2D eigenvalue weighted by Gasteiger charge is -2.39. The summed E-state index contributed by atoms with van der Waals surface area (Å²) >= 11 is 0. The molecule has 4 atom stereocenters. The Hall–Kier alpha value is -2.50. The molecule has 0 spiro atoms. The molecule has 4 heteroatoms. The second-order valence-electron chi connectivity index (χ2n) is 8.05. The lowest BCUT2D eigenvalue weighted by molar-refractivity contribution is -0.180. The summed E-state index contributed by atoms with van der Waals surface area (Å²) in [6.07, 6.45) is -0.117. The fourth-order valence-corrected chi connectivity index (χ4v) is 3.99. The molecule has 0 aliphatic heterocycles. The lowest BCUT2D eigenvalue weighted by atomic mass is 9.89. The van der Waals surface area contributed by atoms with Crippen LogP contribution in [0.1, 0.15) is 29.5 Å². The molecule has 4 rings (SSSR count). The smallest absolute Gasteiger partial charge is 0.110 e. The Kier molecular flexibility index (Phi) is 7.86. The highest BCUT2D eigenvalue weighted by molar-refractivity contribution is 5.15. The Labute approximate surface area is 184 Å².